The van der Waals surface area contributed by atoms with Crippen molar-refractivity contribution >= 4 is 42.7 Å². The van der Waals surface area contributed by atoms with E-state index in [1.165, 1.54) is 25.8 Å². The number of H-pyrrole nitrogens is 4. The van der Waals surface area contributed by atoms with Gasteiger partial charge in [0, 0.05) is 92.9 Å². The van der Waals surface area contributed by atoms with E-state index in [1.807, 2.05) is 22.3 Å². The van der Waals surface area contributed by atoms with Gasteiger partial charge < -0.3 is 33.9 Å². The van der Waals surface area contributed by atoms with Gasteiger partial charge in [-0.1, -0.05) is 93.7 Å². The molecule has 5 atom stereocenters. The Bertz CT molecular complexity index is 2240. The number of ether oxygens (including phenoxy) is 2. The zero-order chi connectivity index (χ0) is 50.8. The summed E-state index contributed by atoms with van der Waals surface area (Å²) < 4.78 is 9.59. The maximum absolute atomic E-state index is 11.8. The van der Waals surface area contributed by atoms with Crippen LogP contribution in [0.25, 0.3) is 0 Å². The SMILES string of the molecule is C.N#N.O=C1NNC(=O)C2CCCCCC=C12.O=C=O.O=[C-]OC1/C=C/CCCCC1.O=[C-]OC1CCCCCC2C(=O)NNC(=O)C12.O=c1[nH][nH]c(=O)c2c1CCCCCC2.O=c1nnc(=O)[nH][nH]1.[CH3-].[CH3-].[Y].[Y]. The van der Waals surface area contributed by atoms with Gasteiger partial charge in [0.1, 0.15) is 0 Å². The zero-order valence-electron chi connectivity index (χ0n) is 41.1. The van der Waals surface area contributed by atoms with Gasteiger partial charge in [-0.3, -0.25) is 60.7 Å². The first-order chi connectivity index (χ1) is 33.4. The predicted octanol–water partition coefficient (Wildman–Crippen LogP) is 1.96. The molecule has 74 heavy (non-hydrogen) atoms. The Morgan fingerprint density at radius 3 is 1.59 bits per heavy atom. The van der Waals surface area contributed by atoms with Crippen LogP contribution in [0.15, 0.2) is 43.0 Å². The van der Waals surface area contributed by atoms with E-state index in [1.54, 1.807) is 0 Å². The topological polar surface area (TPSA) is 408 Å². The minimum atomic E-state index is -0.662. The van der Waals surface area contributed by atoms with Crippen LogP contribution in [-0.2, 0) is 126 Å². The minimum absolute atomic E-state index is 0. The number of allylic oxidation sites excluding steroid dienone is 2. The van der Waals surface area contributed by atoms with Gasteiger partial charge in [-0.15, -0.1) is 0 Å². The first kappa shape index (κ1) is 75.0. The third-order valence-corrected chi connectivity index (χ3v) is 11.5. The summed E-state index contributed by atoms with van der Waals surface area (Å²) in [6, 6.07) is 0. The Hall–Kier alpha value is -5.47. The third-order valence-electron chi connectivity index (χ3n) is 11.5. The van der Waals surface area contributed by atoms with E-state index >= 15 is 0 Å². The molecule has 6 aliphatic rings. The average Bonchev–Trinajstić information content (AvgIpc) is 3.30. The summed E-state index contributed by atoms with van der Waals surface area (Å²) in [6.07, 6.45) is 26.2. The molecular weight excluding hydrogens is 1120 g/mol. The summed E-state index contributed by atoms with van der Waals surface area (Å²) in [7, 11) is 0. The number of nitrogens with zero attached hydrogens (tertiary/aromatic N) is 4. The molecule has 5 unspecified atom stereocenters. The fraction of sp³-hybridized carbons (Fsp3) is 0.587. The number of hydrazine groups is 2. The number of hydrogen-bond donors (Lipinski definition) is 8. The molecule has 28 heteroatoms. The molecule has 0 spiro atoms. The van der Waals surface area contributed by atoms with E-state index in [-0.39, 0.29) is 141 Å². The summed E-state index contributed by atoms with van der Waals surface area (Å²) in [4.78, 5) is 126. The van der Waals surface area contributed by atoms with Crippen LogP contribution in [0.2, 0.25) is 0 Å². The van der Waals surface area contributed by atoms with Crippen molar-refractivity contribution in [1.29, 1.82) is 10.8 Å². The largest absolute Gasteiger partial charge is 0.650 e. The third kappa shape index (κ3) is 27.7. The number of aromatic amines is 4. The summed E-state index contributed by atoms with van der Waals surface area (Å²) >= 11 is 0. The molecule has 26 nitrogen and oxygen atoms in total. The molecule has 8 rings (SSSR count). The van der Waals surface area contributed by atoms with Crippen LogP contribution in [0.4, 0.5) is 0 Å². The number of rotatable bonds is 4. The molecule has 0 bridgehead atoms. The Morgan fingerprint density at radius 1 is 0.568 bits per heavy atom. The molecule has 0 aromatic carbocycles. The molecule has 3 fully saturated rings. The number of aromatic nitrogens is 6. The smallest absolute Gasteiger partial charge is 0.378 e. The van der Waals surface area contributed by atoms with Crippen molar-refractivity contribution in [3.8, 4) is 0 Å². The number of amides is 4. The van der Waals surface area contributed by atoms with Gasteiger partial charge in [0.25, 0.3) is 17.0 Å². The van der Waals surface area contributed by atoms with E-state index in [2.05, 4.69) is 48.2 Å². The molecule has 2 saturated heterocycles. The second-order valence-electron chi connectivity index (χ2n) is 16.0. The molecule has 8 N–H and O–H groups in total. The molecule has 2 radical (unpaired) electrons. The summed E-state index contributed by atoms with van der Waals surface area (Å²) in [5.74, 6) is -1.89. The van der Waals surface area contributed by atoms with E-state index in [0.29, 0.717) is 29.5 Å². The quantitative estimate of drug-likeness (QED) is 0.123. The minimum Gasteiger partial charge on any atom is -0.650 e. The van der Waals surface area contributed by atoms with E-state index in [9.17, 15) is 47.9 Å². The first-order valence-corrected chi connectivity index (χ1v) is 22.6. The van der Waals surface area contributed by atoms with Crippen molar-refractivity contribution in [3.05, 3.63) is 91.5 Å². The molecule has 2 aromatic rings. The molecule has 4 aliphatic carbocycles. The molecule has 4 heterocycles. The van der Waals surface area contributed by atoms with Crippen LogP contribution in [0.1, 0.15) is 141 Å². The number of carbonyl (C=O) groups is 4. The Balaban J connectivity index is -0.000000404. The molecular formula is C46H68N12O14Y2-4. The molecule has 1 saturated carbocycles. The van der Waals surface area contributed by atoms with Crippen LogP contribution >= 0.6 is 0 Å². The number of carbonyl (C=O) groups excluding carboxylic acids is 8. The Morgan fingerprint density at radius 2 is 1.04 bits per heavy atom. The fourth-order valence-corrected chi connectivity index (χ4v) is 8.23. The molecule has 406 valence electrons. The summed E-state index contributed by atoms with van der Waals surface area (Å²) in [6.45, 7) is 2.88. The Labute approximate surface area is 479 Å². The average molecular weight is 1190 g/mol. The number of hydrogen-bond acceptors (Lipinski definition) is 18. The second kappa shape index (κ2) is 45.0. The van der Waals surface area contributed by atoms with Crippen molar-refractivity contribution in [2.24, 2.45) is 17.8 Å². The van der Waals surface area contributed by atoms with Gasteiger partial charge in [0.05, 0.1) is 30.0 Å². The monoisotopic (exact) mass is 1190 g/mol. The standard InChI is InChI=1S/C11H15N2O4.2C10H14N2O2.C9H13O2.C2H2N4O2.CO2.CH4.2CH3.N2.2Y/c14-6-17-8-5-3-1-2-4-7-9(8)11(16)13-12-10(7)15;2*13-9-7-5-3-1-2-4-6-8(7)10(14)12-11-9;10-8-11-9-6-4-2-1-3-5-7-9;7-1-3-5-2(8)6-4-1;2-1-3;;;;1-2;;/h7-9H,1-5H2,(H,12,15)(H,13,16);1-6H2,(H,11,13)(H,12,14);5,8H,1-4,6H2,(H,11,13)(H,12,14);4,6,9H,1-3,5,7H2;(H,3,4,7)(H,5,6,8);;1H4;2*1H3;;;/q-1;;;-1;;;;2*-1;;;/b;;;6-4+;;;;;;;;. The maximum atomic E-state index is 11.8. The van der Waals surface area contributed by atoms with Crippen LogP contribution in [-0.4, -0.2) is 85.5 Å². The van der Waals surface area contributed by atoms with Gasteiger partial charge in [-0.25, -0.2) is 19.8 Å². The molecule has 4 amide bonds. The van der Waals surface area contributed by atoms with E-state index in [0.717, 1.165) is 109 Å². The van der Waals surface area contributed by atoms with Gasteiger partial charge in [-0.05, 0) is 89.9 Å². The summed E-state index contributed by atoms with van der Waals surface area (Å²) in [5.41, 5.74) is 9.93. The Kier molecular flexibility index (Phi) is 45.6. The van der Waals surface area contributed by atoms with Crippen LogP contribution in [0.3, 0.4) is 0 Å². The first-order valence-electron chi connectivity index (χ1n) is 22.6. The van der Waals surface area contributed by atoms with Crippen molar-refractivity contribution in [2.45, 2.75) is 154 Å². The van der Waals surface area contributed by atoms with E-state index in [4.69, 9.17) is 29.8 Å². The van der Waals surface area contributed by atoms with Gasteiger partial charge in [-0.2, -0.15) is 9.59 Å². The van der Waals surface area contributed by atoms with E-state index < -0.39 is 29.3 Å². The number of fused-ring (bicyclic) bond motifs is 3. The van der Waals surface area contributed by atoms with Gasteiger partial charge in [0.15, 0.2) is 0 Å². The van der Waals surface area contributed by atoms with Gasteiger partial charge >= 0.3 is 17.5 Å². The van der Waals surface area contributed by atoms with Crippen molar-refractivity contribution in [2.75, 3.05) is 0 Å². The van der Waals surface area contributed by atoms with Crippen molar-refractivity contribution in [3.63, 3.8) is 0 Å². The van der Waals surface area contributed by atoms with Crippen molar-refractivity contribution in [1.82, 2.24) is 52.3 Å². The van der Waals surface area contributed by atoms with Crippen LogP contribution in [0, 0.1) is 43.4 Å². The second-order valence-corrected chi connectivity index (χ2v) is 16.0. The molecule has 2 aliphatic heterocycles. The van der Waals surface area contributed by atoms with Crippen LogP contribution < -0.4 is 44.2 Å². The fourth-order valence-electron chi connectivity index (χ4n) is 8.23. The normalized spacial score (nSPS) is 21.4. The number of nitrogens with one attached hydrogen (secondary N) is 8. The van der Waals surface area contributed by atoms with Gasteiger partial charge in [0.2, 0.25) is 17.7 Å². The summed E-state index contributed by atoms with van der Waals surface area (Å²) in [5, 5.41) is 26.4. The zero-order valence-corrected chi connectivity index (χ0v) is 46.8. The molecule has 2 aromatic heterocycles. The maximum Gasteiger partial charge on any atom is 0.378 e. The predicted molar refractivity (Wildman–Crippen MR) is 256 cm³/mol. The van der Waals surface area contributed by atoms with Crippen molar-refractivity contribution < 1.29 is 113 Å². The van der Waals surface area contributed by atoms with Crippen LogP contribution in [0.5, 0.6) is 0 Å².